The zero-order valence-corrected chi connectivity index (χ0v) is 11.8. The highest BCUT2D eigenvalue weighted by Crippen LogP contribution is 2.17. The zero-order chi connectivity index (χ0) is 15.4. The van der Waals surface area contributed by atoms with Gasteiger partial charge in [0.25, 0.3) is 0 Å². The van der Waals surface area contributed by atoms with E-state index in [0.29, 0.717) is 12.2 Å². The molecule has 0 amide bonds. The average molecular weight is 293 g/mol. The Morgan fingerprint density at radius 2 is 2.05 bits per heavy atom. The number of nitrogens with two attached hydrogens (primary N) is 1. The number of carbonyl (C=O) groups is 2. The molecule has 1 aliphatic heterocycles. The van der Waals surface area contributed by atoms with Gasteiger partial charge in [-0.15, -0.1) is 0 Å². The standard InChI is InChI=1S/C15H19NO5/c1-9-8-20-14(21-9)7-13(17)11-4-2-10(3-5-11)6-12(16)15(18)19/h2-5,9,12,14H,6-8,16H2,1H3,(H,18,19). The van der Waals surface area contributed by atoms with Gasteiger partial charge in [0.1, 0.15) is 6.04 Å². The maximum absolute atomic E-state index is 12.1. The first kappa shape index (κ1) is 15.6. The van der Waals surface area contributed by atoms with Crippen LogP contribution in [0.2, 0.25) is 0 Å². The molecule has 0 radical (unpaired) electrons. The first-order valence-electron chi connectivity index (χ1n) is 6.83. The number of hydrogen-bond acceptors (Lipinski definition) is 5. The first-order valence-corrected chi connectivity index (χ1v) is 6.83. The SMILES string of the molecule is CC1COC(CC(=O)c2ccc(CC(N)C(=O)O)cc2)O1. The fourth-order valence-corrected chi connectivity index (χ4v) is 2.12. The Hall–Kier alpha value is -1.76. The van der Waals surface area contributed by atoms with Crippen LogP contribution in [0.15, 0.2) is 24.3 Å². The van der Waals surface area contributed by atoms with E-state index in [1.807, 2.05) is 6.92 Å². The molecule has 0 saturated carbocycles. The van der Waals surface area contributed by atoms with E-state index in [0.717, 1.165) is 5.56 Å². The monoisotopic (exact) mass is 293 g/mol. The summed E-state index contributed by atoms with van der Waals surface area (Å²) in [5.74, 6) is -1.11. The van der Waals surface area contributed by atoms with Gasteiger partial charge in [-0.25, -0.2) is 0 Å². The quantitative estimate of drug-likeness (QED) is 0.758. The van der Waals surface area contributed by atoms with Crippen LogP contribution in [-0.2, 0) is 20.7 Å². The Balaban J connectivity index is 1.92. The van der Waals surface area contributed by atoms with E-state index in [1.54, 1.807) is 24.3 Å². The highest BCUT2D eigenvalue weighted by molar-refractivity contribution is 5.96. The third kappa shape index (κ3) is 4.35. The van der Waals surface area contributed by atoms with Crippen molar-refractivity contribution in [3.63, 3.8) is 0 Å². The molecule has 21 heavy (non-hydrogen) atoms. The third-order valence-corrected chi connectivity index (χ3v) is 3.30. The predicted molar refractivity (Wildman–Crippen MR) is 75.0 cm³/mol. The summed E-state index contributed by atoms with van der Waals surface area (Å²) in [7, 11) is 0. The van der Waals surface area contributed by atoms with E-state index in [4.69, 9.17) is 20.3 Å². The van der Waals surface area contributed by atoms with Crippen molar-refractivity contribution in [1.82, 2.24) is 0 Å². The van der Waals surface area contributed by atoms with Gasteiger partial charge in [0.05, 0.1) is 19.1 Å². The number of ether oxygens (including phenoxy) is 2. The van der Waals surface area contributed by atoms with Gasteiger partial charge in [0, 0.05) is 5.56 Å². The molecule has 1 aromatic rings. The summed E-state index contributed by atoms with van der Waals surface area (Å²) in [6.07, 6.45) is -0.0515. The molecule has 1 heterocycles. The van der Waals surface area contributed by atoms with E-state index in [9.17, 15) is 9.59 Å². The van der Waals surface area contributed by atoms with Crippen LogP contribution in [0.4, 0.5) is 0 Å². The van der Waals surface area contributed by atoms with Crippen molar-refractivity contribution in [3.05, 3.63) is 35.4 Å². The third-order valence-electron chi connectivity index (χ3n) is 3.30. The van der Waals surface area contributed by atoms with Crippen molar-refractivity contribution < 1.29 is 24.2 Å². The highest BCUT2D eigenvalue weighted by Gasteiger charge is 2.25. The number of carbonyl (C=O) groups excluding carboxylic acids is 1. The summed E-state index contributed by atoms with van der Waals surface area (Å²) < 4.78 is 10.8. The maximum Gasteiger partial charge on any atom is 0.320 e. The highest BCUT2D eigenvalue weighted by atomic mass is 16.7. The fourth-order valence-electron chi connectivity index (χ4n) is 2.12. The van der Waals surface area contributed by atoms with Crippen molar-refractivity contribution >= 4 is 11.8 Å². The van der Waals surface area contributed by atoms with Crippen LogP contribution in [0.3, 0.4) is 0 Å². The van der Waals surface area contributed by atoms with Crippen LogP contribution < -0.4 is 5.73 Å². The topological polar surface area (TPSA) is 98.9 Å². The first-order chi connectivity index (χ1) is 9.95. The predicted octanol–water partition coefficient (Wildman–Crippen LogP) is 0.975. The lowest BCUT2D eigenvalue weighted by Gasteiger charge is -2.10. The van der Waals surface area contributed by atoms with E-state index >= 15 is 0 Å². The van der Waals surface area contributed by atoms with E-state index in [-0.39, 0.29) is 24.7 Å². The average Bonchev–Trinajstić information content (AvgIpc) is 2.84. The summed E-state index contributed by atoms with van der Waals surface area (Å²) in [4.78, 5) is 22.8. The minimum absolute atomic E-state index is 0.0164. The molecule has 6 nitrogen and oxygen atoms in total. The Labute approximate surface area is 122 Å². The number of hydrogen-bond donors (Lipinski definition) is 2. The summed E-state index contributed by atoms with van der Waals surface area (Å²) >= 11 is 0. The van der Waals surface area contributed by atoms with Gasteiger partial charge < -0.3 is 20.3 Å². The van der Waals surface area contributed by atoms with Crippen molar-refractivity contribution in [2.45, 2.75) is 38.2 Å². The van der Waals surface area contributed by atoms with Crippen molar-refractivity contribution in [2.24, 2.45) is 5.73 Å². The van der Waals surface area contributed by atoms with E-state index < -0.39 is 18.3 Å². The summed E-state index contributed by atoms with van der Waals surface area (Å²) in [6, 6.07) is 5.84. The molecule has 1 aromatic carbocycles. The molecule has 6 heteroatoms. The number of rotatable bonds is 6. The second kappa shape index (κ2) is 6.80. The molecule has 0 aromatic heterocycles. The molecule has 114 valence electrons. The number of Topliss-reactive ketones (excluding diaryl/α,β-unsaturated/α-hetero) is 1. The molecule has 1 fully saturated rings. The molecule has 0 bridgehead atoms. The van der Waals surface area contributed by atoms with Gasteiger partial charge >= 0.3 is 5.97 Å². The van der Waals surface area contributed by atoms with Crippen LogP contribution in [0.1, 0.15) is 29.3 Å². The fraction of sp³-hybridized carbons (Fsp3) is 0.467. The Morgan fingerprint density at radius 1 is 1.38 bits per heavy atom. The summed E-state index contributed by atoms with van der Waals surface area (Å²) in [5, 5.41) is 8.76. The molecule has 1 saturated heterocycles. The molecule has 3 N–H and O–H groups in total. The number of benzene rings is 1. The Morgan fingerprint density at radius 3 is 2.57 bits per heavy atom. The largest absolute Gasteiger partial charge is 0.480 e. The van der Waals surface area contributed by atoms with Gasteiger partial charge in [0.15, 0.2) is 12.1 Å². The molecular weight excluding hydrogens is 274 g/mol. The van der Waals surface area contributed by atoms with Gasteiger partial charge in [-0.1, -0.05) is 24.3 Å². The van der Waals surface area contributed by atoms with Gasteiger partial charge in [0.2, 0.25) is 0 Å². The smallest absolute Gasteiger partial charge is 0.320 e. The van der Waals surface area contributed by atoms with Crippen LogP contribution in [0, 0.1) is 0 Å². The molecule has 0 aliphatic carbocycles. The number of aliphatic carboxylic acids is 1. The molecular formula is C15H19NO5. The minimum Gasteiger partial charge on any atom is -0.480 e. The van der Waals surface area contributed by atoms with Crippen molar-refractivity contribution in [1.29, 1.82) is 0 Å². The lowest BCUT2D eigenvalue weighted by molar-refractivity contribution is -0.138. The Bertz CT molecular complexity index is 513. The molecule has 0 spiro atoms. The molecule has 3 atom stereocenters. The maximum atomic E-state index is 12.1. The van der Waals surface area contributed by atoms with Gasteiger partial charge in [-0.05, 0) is 18.9 Å². The molecule has 3 unspecified atom stereocenters. The lowest BCUT2D eigenvalue weighted by atomic mass is 10.0. The normalized spacial score (nSPS) is 23.0. The van der Waals surface area contributed by atoms with Crippen molar-refractivity contribution in [3.8, 4) is 0 Å². The number of carboxylic acids is 1. The van der Waals surface area contributed by atoms with Crippen LogP contribution in [0.25, 0.3) is 0 Å². The van der Waals surface area contributed by atoms with E-state index in [2.05, 4.69) is 0 Å². The number of ketones is 1. The van der Waals surface area contributed by atoms with Crippen LogP contribution in [0.5, 0.6) is 0 Å². The summed E-state index contributed by atoms with van der Waals surface area (Å²) in [5.41, 5.74) is 6.80. The van der Waals surface area contributed by atoms with Crippen LogP contribution in [-0.4, -0.2) is 41.9 Å². The van der Waals surface area contributed by atoms with Crippen LogP contribution >= 0.6 is 0 Å². The number of carboxylic acid groups (broad SMARTS) is 1. The molecule has 1 aliphatic rings. The Kier molecular flexibility index (Phi) is 5.06. The van der Waals surface area contributed by atoms with Gasteiger partial charge in [-0.3, -0.25) is 9.59 Å². The second-order valence-electron chi connectivity index (χ2n) is 5.18. The van der Waals surface area contributed by atoms with Crippen molar-refractivity contribution in [2.75, 3.05) is 6.61 Å². The van der Waals surface area contributed by atoms with Gasteiger partial charge in [-0.2, -0.15) is 0 Å². The lowest BCUT2D eigenvalue weighted by Crippen LogP contribution is -2.32. The zero-order valence-electron chi connectivity index (χ0n) is 11.8. The molecule has 2 rings (SSSR count). The van der Waals surface area contributed by atoms with E-state index in [1.165, 1.54) is 0 Å². The summed E-state index contributed by atoms with van der Waals surface area (Å²) in [6.45, 7) is 2.40. The minimum atomic E-state index is -1.04. The second-order valence-corrected chi connectivity index (χ2v) is 5.18.